The number of benzene rings is 1. The number of rotatable bonds is 4. The van der Waals surface area contributed by atoms with Gasteiger partial charge in [0, 0.05) is 12.7 Å². The molecule has 0 saturated carbocycles. The summed E-state index contributed by atoms with van der Waals surface area (Å²) in [5, 5.41) is 4.22. The Morgan fingerprint density at radius 3 is 2.58 bits per heavy atom. The molecule has 0 aliphatic rings. The van der Waals surface area contributed by atoms with Crippen LogP contribution in [0.25, 0.3) is 0 Å². The summed E-state index contributed by atoms with van der Waals surface area (Å²) < 4.78 is 7.36. The fourth-order valence-corrected chi connectivity index (χ4v) is 1.82. The third-order valence-electron chi connectivity index (χ3n) is 2.84. The molecule has 0 saturated heterocycles. The van der Waals surface area contributed by atoms with Crippen LogP contribution >= 0.6 is 0 Å². The summed E-state index contributed by atoms with van der Waals surface area (Å²) in [4.78, 5) is 12.5. The quantitative estimate of drug-likeness (QED) is 0.792. The van der Waals surface area contributed by atoms with E-state index >= 15 is 0 Å². The number of para-hydroxylation sites is 1. The van der Waals surface area contributed by atoms with Crippen LogP contribution in [0.5, 0.6) is 5.75 Å². The topological polar surface area (TPSA) is 44.1 Å². The highest BCUT2D eigenvalue weighted by Crippen LogP contribution is 2.22. The summed E-state index contributed by atoms with van der Waals surface area (Å²) in [5.74, 6) is 0.491. The summed E-state index contributed by atoms with van der Waals surface area (Å²) in [6.07, 6.45) is 0.0272. The second-order valence-electron chi connectivity index (χ2n) is 4.79. The van der Waals surface area contributed by atoms with Gasteiger partial charge in [0.1, 0.15) is 11.4 Å². The van der Waals surface area contributed by atoms with Crippen LogP contribution in [0, 0.1) is 6.92 Å². The maximum absolute atomic E-state index is 12.5. The third-order valence-corrected chi connectivity index (χ3v) is 2.84. The lowest BCUT2D eigenvalue weighted by atomic mass is 10.1. The van der Waals surface area contributed by atoms with Gasteiger partial charge < -0.3 is 4.74 Å². The Morgan fingerprint density at radius 1 is 1.32 bits per heavy atom. The number of ketones is 1. The fourth-order valence-electron chi connectivity index (χ4n) is 1.82. The lowest BCUT2D eigenvalue weighted by Crippen LogP contribution is -2.11. The predicted molar refractivity (Wildman–Crippen MR) is 73.6 cm³/mol. The average molecular weight is 258 g/mol. The predicted octanol–water partition coefficient (Wildman–Crippen LogP) is 2.75. The first-order valence-electron chi connectivity index (χ1n) is 6.30. The minimum atomic E-state index is -0.111. The highest BCUT2D eigenvalue weighted by molar-refractivity contribution is 6.09. The number of carbonyl (C=O) groups excluding carboxylic acids is 1. The van der Waals surface area contributed by atoms with Crippen LogP contribution in [0.4, 0.5) is 0 Å². The molecule has 0 radical (unpaired) electrons. The van der Waals surface area contributed by atoms with Crippen molar-refractivity contribution in [2.24, 2.45) is 7.05 Å². The first-order chi connectivity index (χ1) is 8.99. The first-order valence-corrected chi connectivity index (χ1v) is 6.30. The van der Waals surface area contributed by atoms with Gasteiger partial charge in [-0.2, -0.15) is 5.10 Å². The maximum atomic E-state index is 12.5. The van der Waals surface area contributed by atoms with Crippen molar-refractivity contribution in [3.05, 3.63) is 47.3 Å². The lowest BCUT2D eigenvalue weighted by molar-refractivity contribution is 0.102. The monoisotopic (exact) mass is 258 g/mol. The fraction of sp³-hybridized carbons (Fsp3) is 0.333. The van der Waals surface area contributed by atoms with Gasteiger partial charge >= 0.3 is 0 Å². The van der Waals surface area contributed by atoms with E-state index in [1.807, 2.05) is 46.0 Å². The van der Waals surface area contributed by atoms with Gasteiger partial charge in [0.25, 0.3) is 0 Å². The van der Waals surface area contributed by atoms with Gasteiger partial charge in [-0.3, -0.25) is 9.48 Å². The van der Waals surface area contributed by atoms with E-state index in [0.29, 0.717) is 17.0 Å². The van der Waals surface area contributed by atoms with Crippen molar-refractivity contribution >= 4 is 5.78 Å². The molecular weight excluding hydrogens is 240 g/mol. The molecule has 0 unspecified atom stereocenters. The van der Waals surface area contributed by atoms with Crippen LogP contribution in [0.2, 0.25) is 0 Å². The first kappa shape index (κ1) is 13.3. The van der Waals surface area contributed by atoms with E-state index in [-0.39, 0.29) is 11.9 Å². The Balaban J connectivity index is 2.38. The highest BCUT2D eigenvalue weighted by atomic mass is 16.5. The zero-order valence-electron chi connectivity index (χ0n) is 11.7. The number of nitrogens with zero attached hydrogens (tertiary/aromatic N) is 2. The second-order valence-corrected chi connectivity index (χ2v) is 4.79. The Labute approximate surface area is 113 Å². The molecule has 0 aliphatic carbocycles. The summed E-state index contributed by atoms with van der Waals surface area (Å²) in [7, 11) is 1.82. The van der Waals surface area contributed by atoms with E-state index in [1.165, 1.54) is 0 Å². The Bertz CT molecular complexity index is 580. The molecule has 19 heavy (non-hydrogen) atoms. The molecule has 0 fully saturated rings. The van der Waals surface area contributed by atoms with E-state index < -0.39 is 0 Å². The largest absolute Gasteiger partial charge is 0.490 e. The molecule has 2 rings (SSSR count). The molecule has 100 valence electrons. The standard InChI is InChI=1S/C15H18N2O2/c1-10(2)19-14-8-6-5-7-12(14)15(18)13-9-11(3)17(4)16-13/h5-10H,1-4H3. The van der Waals surface area contributed by atoms with Crippen molar-refractivity contribution in [2.45, 2.75) is 26.9 Å². The van der Waals surface area contributed by atoms with Crippen LogP contribution in [-0.2, 0) is 7.05 Å². The van der Waals surface area contributed by atoms with E-state index in [4.69, 9.17) is 4.74 Å². The molecule has 1 aromatic carbocycles. The van der Waals surface area contributed by atoms with E-state index in [0.717, 1.165) is 5.69 Å². The molecule has 4 nitrogen and oxygen atoms in total. The van der Waals surface area contributed by atoms with Crippen LogP contribution in [-0.4, -0.2) is 21.7 Å². The van der Waals surface area contributed by atoms with E-state index in [2.05, 4.69) is 5.10 Å². The summed E-state index contributed by atoms with van der Waals surface area (Å²) in [6, 6.07) is 9.05. The van der Waals surface area contributed by atoms with Crippen LogP contribution in [0.1, 0.15) is 35.6 Å². The van der Waals surface area contributed by atoms with Crippen molar-refractivity contribution in [1.82, 2.24) is 9.78 Å². The van der Waals surface area contributed by atoms with Gasteiger partial charge in [-0.25, -0.2) is 0 Å². The SMILES string of the molecule is Cc1cc(C(=O)c2ccccc2OC(C)C)nn1C. The smallest absolute Gasteiger partial charge is 0.216 e. The van der Waals surface area contributed by atoms with Gasteiger partial charge in [0.2, 0.25) is 5.78 Å². The molecule has 0 amide bonds. The molecule has 1 heterocycles. The number of aryl methyl sites for hydroxylation is 2. The van der Waals surface area contributed by atoms with Gasteiger partial charge in [-0.1, -0.05) is 12.1 Å². The maximum Gasteiger partial charge on any atom is 0.216 e. The normalized spacial score (nSPS) is 10.8. The molecule has 0 bridgehead atoms. The van der Waals surface area contributed by atoms with Gasteiger partial charge in [0.15, 0.2) is 0 Å². The molecular formula is C15H18N2O2. The van der Waals surface area contributed by atoms with Gasteiger partial charge in [0.05, 0.1) is 11.7 Å². The number of ether oxygens (including phenoxy) is 1. The number of aromatic nitrogens is 2. The third kappa shape index (κ3) is 2.84. The van der Waals surface area contributed by atoms with E-state index in [1.54, 1.807) is 16.8 Å². The molecule has 0 spiro atoms. The van der Waals surface area contributed by atoms with Crippen LogP contribution in [0.15, 0.2) is 30.3 Å². The number of hydrogen-bond acceptors (Lipinski definition) is 3. The van der Waals surface area contributed by atoms with Gasteiger partial charge in [-0.05, 0) is 39.0 Å². The summed E-state index contributed by atoms with van der Waals surface area (Å²) in [6.45, 7) is 5.79. The Morgan fingerprint density at radius 2 is 2.00 bits per heavy atom. The van der Waals surface area contributed by atoms with Crippen molar-refractivity contribution in [2.75, 3.05) is 0 Å². The number of carbonyl (C=O) groups is 1. The molecule has 1 aromatic heterocycles. The zero-order valence-corrected chi connectivity index (χ0v) is 11.7. The Hall–Kier alpha value is -2.10. The van der Waals surface area contributed by atoms with Crippen molar-refractivity contribution in [3.8, 4) is 5.75 Å². The van der Waals surface area contributed by atoms with Crippen LogP contribution in [0.3, 0.4) is 0 Å². The second kappa shape index (κ2) is 5.26. The molecule has 0 atom stereocenters. The Kier molecular flexibility index (Phi) is 3.69. The number of hydrogen-bond donors (Lipinski definition) is 0. The zero-order chi connectivity index (χ0) is 14.0. The summed E-state index contributed by atoms with van der Waals surface area (Å²) in [5.41, 5.74) is 1.94. The lowest BCUT2D eigenvalue weighted by Gasteiger charge is -2.12. The van der Waals surface area contributed by atoms with Gasteiger partial charge in [-0.15, -0.1) is 0 Å². The minimum absolute atomic E-state index is 0.0272. The van der Waals surface area contributed by atoms with E-state index in [9.17, 15) is 4.79 Å². The molecule has 4 heteroatoms. The minimum Gasteiger partial charge on any atom is -0.490 e. The average Bonchev–Trinajstić information content (AvgIpc) is 2.69. The van der Waals surface area contributed by atoms with Crippen molar-refractivity contribution in [1.29, 1.82) is 0 Å². The highest BCUT2D eigenvalue weighted by Gasteiger charge is 2.18. The molecule has 0 aliphatic heterocycles. The van der Waals surface area contributed by atoms with Crippen molar-refractivity contribution < 1.29 is 9.53 Å². The molecule has 0 N–H and O–H groups in total. The summed E-state index contributed by atoms with van der Waals surface area (Å²) >= 11 is 0. The van der Waals surface area contributed by atoms with Crippen molar-refractivity contribution in [3.63, 3.8) is 0 Å². The molecule has 2 aromatic rings. The van der Waals surface area contributed by atoms with Crippen LogP contribution < -0.4 is 4.74 Å².